The molecule has 4 nitrogen and oxygen atoms in total. The molecule has 1 aromatic carbocycles. The topological polar surface area (TPSA) is 50.9 Å². The zero-order valence-corrected chi connectivity index (χ0v) is 10.9. The zero-order valence-electron chi connectivity index (χ0n) is 10.9. The van der Waals surface area contributed by atoms with Crippen molar-refractivity contribution in [2.24, 2.45) is 0 Å². The van der Waals surface area contributed by atoms with Gasteiger partial charge in [-0.2, -0.15) is 0 Å². The Bertz CT molecular complexity index is 711. The van der Waals surface area contributed by atoms with Gasteiger partial charge in [-0.05, 0) is 26.0 Å². The summed E-state index contributed by atoms with van der Waals surface area (Å²) in [5.74, 6) is 0.606. The summed E-state index contributed by atoms with van der Waals surface area (Å²) < 4.78 is 1.91. The van der Waals surface area contributed by atoms with E-state index in [0.717, 1.165) is 16.5 Å². The van der Waals surface area contributed by atoms with Crippen LogP contribution in [0.3, 0.4) is 0 Å². The van der Waals surface area contributed by atoms with Crippen molar-refractivity contribution in [3.05, 3.63) is 54.5 Å². The van der Waals surface area contributed by atoms with Gasteiger partial charge >= 0.3 is 0 Å². The lowest BCUT2D eigenvalue weighted by molar-refractivity contribution is 0.0801. The minimum Gasteiger partial charge on any atom is -0.386 e. The molecule has 2 heterocycles. The summed E-state index contributed by atoms with van der Waals surface area (Å²) in [6.45, 7) is 3.57. The molecule has 1 N–H and O–H groups in total. The van der Waals surface area contributed by atoms with E-state index in [1.54, 1.807) is 32.3 Å². The summed E-state index contributed by atoms with van der Waals surface area (Å²) in [6.07, 6.45) is 5.32. The third-order valence-corrected chi connectivity index (χ3v) is 3.14. The van der Waals surface area contributed by atoms with Crippen LogP contribution < -0.4 is 0 Å². The number of fused-ring (bicyclic) bond motifs is 1. The molecular formula is C15H15N3O. The van der Waals surface area contributed by atoms with Gasteiger partial charge in [-0.3, -0.25) is 4.57 Å². The number of nitrogens with zero attached hydrogens (tertiary/aromatic N) is 3. The van der Waals surface area contributed by atoms with Crippen molar-refractivity contribution in [2.75, 3.05) is 0 Å². The van der Waals surface area contributed by atoms with Gasteiger partial charge in [0, 0.05) is 29.5 Å². The third-order valence-electron chi connectivity index (χ3n) is 3.14. The molecule has 0 aliphatic carbocycles. The minimum absolute atomic E-state index is 0.606. The Labute approximate surface area is 111 Å². The standard InChI is InChI=1S/C15H15N3O/c1-15(2,19)12-10-18(14-16-8-5-9-17-14)13-7-4-3-6-11(12)13/h3-10,19H,1-2H3. The first kappa shape index (κ1) is 11.9. The van der Waals surface area contributed by atoms with Gasteiger partial charge in [-0.1, -0.05) is 18.2 Å². The highest BCUT2D eigenvalue weighted by Gasteiger charge is 2.22. The summed E-state index contributed by atoms with van der Waals surface area (Å²) in [7, 11) is 0. The van der Waals surface area contributed by atoms with Crippen LogP contribution in [-0.2, 0) is 5.60 Å². The fourth-order valence-corrected chi connectivity index (χ4v) is 2.25. The highest BCUT2D eigenvalue weighted by atomic mass is 16.3. The highest BCUT2D eigenvalue weighted by Crippen LogP contribution is 2.31. The normalized spacial score (nSPS) is 11.9. The van der Waals surface area contributed by atoms with Crippen LogP contribution in [0.25, 0.3) is 16.9 Å². The number of benzene rings is 1. The molecule has 0 saturated carbocycles. The second kappa shape index (κ2) is 4.17. The molecule has 0 aliphatic rings. The molecule has 2 aromatic heterocycles. The zero-order chi connectivity index (χ0) is 13.5. The van der Waals surface area contributed by atoms with Crippen molar-refractivity contribution in [1.82, 2.24) is 14.5 Å². The first-order chi connectivity index (χ1) is 9.07. The molecule has 0 spiro atoms. The van der Waals surface area contributed by atoms with Crippen LogP contribution in [0.15, 0.2) is 48.9 Å². The molecule has 0 atom stereocenters. The fraction of sp³-hybridized carbons (Fsp3) is 0.200. The number of para-hydroxylation sites is 1. The fourth-order valence-electron chi connectivity index (χ4n) is 2.25. The van der Waals surface area contributed by atoms with Crippen molar-refractivity contribution in [1.29, 1.82) is 0 Å². The first-order valence-electron chi connectivity index (χ1n) is 6.18. The Hall–Kier alpha value is -2.20. The number of hydrogen-bond donors (Lipinski definition) is 1. The molecule has 0 aliphatic heterocycles. The molecular weight excluding hydrogens is 238 g/mol. The van der Waals surface area contributed by atoms with Crippen molar-refractivity contribution in [2.45, 2.75) is 19.4 Å². The van der Waals surface area contributed by atoms with Gasteiger partial charge in [0.2, 0.25) is 5.95 Å². The average Bonchev–Trinajstić information content (AvgIpc) is 2.79. The van der Waals surface area contributed by atoms with E-state index >= 15 is 0 Å². The second-order valence-electron chi connectivity index (χ2n) is 5.04. The van der Waals surface area contributed by atoms with E-state index in [2.05, 4.69) is 9.97 Å². The summed E-state index contributed by atoms with van der Waals surface area (Å²) in [5.41, 5.74) is 0.959. The van der Waals surface area contributed by atoms with Crippen molar-refractivity contribution < 1.29 is 5.11 Å². The SMILES string of the molecule is CC(C)(O)c1cn(-c2ncccn2)c2ccccc12. The van der Waals surface area contributed by atoms with E-state index in [1.807, 2.05) is 35.0 Å². The Morgan fingerprint density at radius 3 is 2.42 bits per heavy atom. The van der Waals surface area contributed by atoms with E-state index in [-0.39, 0.29) is 0 Å². The van der Waals surface area contributed by atoms with E-state index in [1.165, 1.54) is 0 Å². The highest BCUT2D eigenvalue weighted by molar-refractivity contribution is 5.85. The lowest BCUT2D eigenvalue weighted by atomic mass is 9.98. The van der Waals surface area contributed by atoms with E-state index < -0.39 is 5.60 Å². The molecule has 19 heavy (non-hydrogen) atoms. The molecule has 0 bridgehead atoms. The van der Waals surface area contributed by atoms with E-state index in [9.17, 15) is 5.11 Å². The van der Waals surface area contributed by atoms with Gasteiger partial charge in [0.25, 0.3) is 0 Å². The number of rotatable bonds is 2. The Balaban J connectivity index is 2.33. The average molecular weight is 253 g/mol. The predicted octanol–water partition coefficient (Wildman–Crippen LogP) is 2.65. The maximum absolute atomic E-state index is 10.3. The van der Waals surface area contributed by atoms with Gasteiger partial charge in [-0.25, -0.2) is 9.97 Å². The minimum atomic E-state index is -0.903. The molecule has 0 unspecified atom stereocenters. The Morgan fingerprint density at radius 2 is 1.74 bits per heavy atom. The quantitative estimate of drug-likeness (QED) is 0.764. The van der Waals surface area contributed by atoms with E-state index in [0.29, 0.717) is 5.95 Å². The largest absolute Gasteiger partial charge is 0.386 e. The van der Waals surface area contributed by atoms with Crippen LogP contribution in [0, 0.1) is 0 Å². The van der Waals surface area contributed by atoms with Crippen LogP contribution >= 0.6 is 0 Å². The van der Waals surface area contributed by atoms with Crippen LogP contribution in [0.1, 0.15) is 19.4 Å². The Morgan fingerprint density at radius 1 is 1.05 bits per heavy atom. The summed E-state index contributed by atoms with van der Waals surface area (Å²) in [5, 5.41) is 11.3. The molecule has 0 amide bonds. The van der Waals surface area contributed by atoms with Crippen molar-refractivity contribution in [3.63, 3.8) is 0 Å². The maximum atomic E-state index is 10.3. The smallest absolute Gasteiger partial charge is 0.234 e. The van der Waals surface area contributed by atoms with Gasteiger partial charge in [-0.15, -0.1) is 0 Å². The molecule has 0 radical (unpaired) electrons. The van der Waals surface area contributed by atoms with Crippen LogP contribution in [0.2, 0.25) is 0 Å². The number of aliphatic hydroxyl groups is 1. The molecule has 4 heteroatoms. The summed E-state index contributed by atoms with van der Waals surface area (Å²) in [4.78, 5) is 8.53. The first-order valence-corrected chi connectivity index (χ1v) is 6.18. The van der Waals surface area contributed by atoms with E-state index in [4.69, 9.17) is 0 Å². The summed E-state index contributed by atoms with van der Waals surface area (Å²) >= 11 is 0. The van der Waals surface area contributed by atoms with Crippen LogP contribution in [0.5, 0.6) is 0 Å². The van der Waals surface area contributed by atoms with Crippen LogP contribution in [-0.4, -0.2) is 19.6 Å². The lowest BCUT2D eigenvalue weighted by Gasteiger charge is -2.15. The predicted molar refractivity (Wildman–Crippen MR) is 74.1 cm³/mol. The maximum Gasteiger partial charge on any atom is 0.234 e. The lowest BCUT2D eigenvalue weighted by Crippen LogP contribution is -2.14. The Kier molecular flexibility index (Phi) is 2.61. The third kappa shape index (κ3) is 2.00. The van der Waals surface area contributed by atoms with Gasteiger partial charge in [0.1, 0.15) is 0 Å². The molecule has 0 fully saturated rings. The second-order valence-corrected chi connectivity index (χ2v) is 5.04. The van der Waals surface area contributed by atoms with Gasteiger partial charge in [0.15, 0.2) is 0 Å². The van der Waals surface area contributed by atoms with Gasteiger partial charge < -0.3 is 5.11 Å². The van der Waals surface area contributed by atoms with Crippen LogP contribution in [0.4, 0.5) is 0 Å². The molecule has 3 rings (SSSR count). The van der Waals surface area contributed by atoms with Gasteiger partial charge in [0.05, 0.1) is 11.1 Å². The number of aromatic nitrogens is 3. The molecule has 3 aromatic rings. The molecule has 0 saturated heterocycles. The van der Waals surface area contributed by atoms with Crippen molar-refractivity contribution >= 4 is 10.9 Å². The summed E-state index contributed by atoms with van der Waals surface area (Å²) in [6, 6.07) is 9.72. The number of hydrogen-bond acceptors (Lipinski definition) is 3. The van der Waals surface area contributed by atoms with Crippen molar-refractivity contribution in [3.8, 4) is 5.95 Å². The monoisotopic (exact) mass is 253 g/mol. The molecule has 96 valence electrons.